The van der Waals surface area contributed by atoms with Gasteiger partial charge in [0.25, 0.3) is 0 Å². The summed E-state index contributed by atoms with van der Waals surface area (Å²) >= 11 is 0. The number of nitrogens with zero attached hydrogens (tertiary/aromatic N) is 3. The largest absolute Gasteiger partial charge is 0.467 e. The van der Waals surface area contributed by atoms with Gasteiger partial charge in [-0.25, -0.2) is 4.98 Å². The molecule has 0 amide bonds. The number of furan rings is 1. The zero-order valence-electron chi connectivity index (χ0n) is 12.4. The summed E-state index contributed by atoms with van der Waals surface area (Å²) in [5.41, 5.74) is 2.94. The molecule has 3 aromatic rings. The maximum atomic E-state index is 5.57. The smallest absolute Gasteiger partial charge is 0.143 e. The van der Waals surface area contributed by atoms with Crippen LogP contribution in [-0.4, -0.2) is 14.5 Å². The van der Waals surface area contributed by atoms with Crippen molar-refractivity contribution in [2.24, 2.45) is 7.05 Å². The summed E-state index contributed by atoms with van der Waals surface area (Å²) in [5.74, 6) is 1.72. The molecule has 0 saturated heterocycles. The van der Waals surface area contributed by atoms with Crippen LogP contribution in [-0.2, 0) is 7.05 Å². The molecular formula is C16H18N4O. The van der Waals surface area contributed by atoms with Gasteiger partial charge in [0.2, 0.25) is 0 Å². The van der Waals surface area contributed by atoms with Crippen LogP contribution in [0.1, 0.15) is 29.0 Å². The highest BCUT2D eigenvalue weighted by Crippen LogP contribution is 2.27. The predicted octanol–water partition coefficient (Wildman–Crippen LogP) is 3.23. The lowest BCUT2D eigenvalue weighted by molar-refractivity contribution is 0.488. The van der Waals surface area contributed by atoms with Crippen molar-refractivity contribution in [3.05, 3.63) is 65.9 Å². The molecular weight excluding hydrogens is 264 g/mol. The van der Waals surface area contributed by atoms with Gasteiger partial charge >= 0.3 is 0 Å². The Kier molecular flexibility index (Phi) is 3.48. The van der Waals surface area contributed by atoms with Gasteiger partial charge in [0, 0.05) is 25.1 Å². The van der Waals surface area contributed by atoms with Crippen molar-refractivity contribution >= 4 is 5.69 Å². The maximum Gasteiger partial charge on any atom is 0.143 e. The molecule has 0 radical (unpaired) electrons. The first kappa shape index (κ1) is 13.4. The predicted molar refractivity (Wildman–Crippen MR) is 81.1 cm³/mol. The van der Waals surface area contributed by atoms with Crippen LogP contribution in [0.4, 0.5) is 5.69 Å². The first-order valence-corrected chi connectivity index (χ1v) is 6.86. The third kappa shape index (κ3) is 2.67. The third-order valence-corrected chi connectivity index (χ3v) is 3.47. The number of rotatable bonds is 4. The van der Waals surface area contributed by atoms with E-state index in [1.54, 1.807) is 12.5 Å². The second-order valence-corrected chi connectivity index (χ2v) is 5.07. The van der Waals surface area contributed by atoms with Gasteiger partial charge in [-0.15, -0.1) is 0 Å². The highest BCUT2D eigenvalue weighted by atomic mass is 16.3. The Bertz CT molecular complexity index is 731. The zero-order valence-corrected chi connectivity index (χ0v) is 12.4. The molecule has 0 spiro atoms. The van der Waals surface area contributed by atoms with Crippen molar-refractivity contribution in [1.29, 1.82) is 0 Å². The van der Waals surface area contributed by atoms with Crippen LogP contribution in [0.25, 0.3) is 0 Å². The minimum absolute atomic E-state index is 0.150. The summed E-state index contributed by atoms with van der Waals surface area (Å²) in [5, 5.41) is 3.48. The molecule has 0 aliphatic carbocycles. The molecule has 3 aromatic heterocycles. The van der Waals surface area contributed by atoms with Crippen LogP contribution in [0, 0.1) is 13.8 Å². The molecule has 5 nitrogen and oxygen atoms in total. The van der Waals surface area contributed by atoms with E-state index >= 15 is 0 Å². The molecule has 3 heterocycles. The molecule has 0 aliphatic rings. The van der Waals surface area contributed by atoms with E-state index < -0.39 is 0 Å². The molecule has 0 fully saturated rings. The van der Waals surface area contributed by atoms with Crippen LogP contribution in [0.2, 0.25) is 0 Å². The van der Waals surface area contributed by atoms with Gasteiger partial charge in [0.15, 0.2) is 0 Å². The number of anilines is 1. The normalized spacial score (nSPS) is 12.3. The number of aryl methyl sites for hydroxylation is 3. The Balaban J connectivity index is 1.99. The Morgan fingerprint density at radius 3 is 2.71 bits per heavy atom. The molecule has 0 bridgehead atoms. The molecule has 3 rings (SSSR count). The van der Waals surface area contributed by atoms with E-state index in [9.17, 15) is 0 Å². The Labute approximate surface area is 123 Å². The molecule has 0 aromatic carbocycles. The SMILES string of the molecule is Cc1ccc(NC(c2ccco2)c2nccn2C)c(C)n1. The maximum absolute atomic E-state index is 5.57. The van der Waals surface area contributed by atoms with Crippen molar-refractivity contribution in [3.8, 4) is 0 Å². The quantitative estimate of drug-likeness (QED) is 0.798. The van der Waals surface area contributed by atoms with E-state index in [4.69, 9.17) is 4.42 Å². The standard InChI is InChI=1S/C16H18N4O/c1-11-6-7-13(12(2)18-11)19-15(14-5-4-10-21-14)16-17-8-9-20(16)3/h4-10,15,19H,1-3H3. The van der Waals surface area contributed by atoms with Crippen LogP contribution < -0.4 is 5.32 Å². The van der Waals surface area contributed by atoms with Gasteiger partial charge in [0.05, 0.1) is 17.6 Å². The Morgan fingerprint density at radius 1 is 1.24 bits per heavy atom. The number of pyridine rings is 1. The average Bonchev–Trinajstić information content (AvgIpc) is 3.10. The van der Waals surface area contributed by atoms with Crippen molar-refractivity contribution < 1.29 is 4.42 Å². The van der Waals surface area contributed by atoms with E-state index in [1.165, 1.54) is 0 Å². The fourth-order valence-corrected chi connectivity index (χ4v) is 2.37. The molecule has 0 saturated carbocycles. The minimum Gasteiger partial charge on any atom is -0.467 e. The Hall–Kier alpha value is -2.56. The van der Waals surface area contributed by atoms with Crippen molar-refractivity contribution in [3.63, 3.8) is 0 Å². The van der Waals surface area contributed by atoms with Gasteiger partial charge < -0.3 is 14.3 Å². The summed E-state index contributed by atoms with van der Waals surface area (Å²) in [6, 6.07) is 7.71. The van der Waals surface area contributed by atoms with Gasteiger partial charge in [-0.05, 0) is 38.1 Å². The van der Waals surface area contributed by atoms with Crippen molar-refractivity contribution in [2.75, 3.05) is 5.32 Å². The van der Waals surface area contributed by atoms with Gasteiger partial charge in [0.1, 0.15) is 17.6 Å². The van der Waals surface area contributed by atoms with Crippen LogP contribution in [0.15, 0.2) is 47.3 Å². The fourth-order valence-electron chi connectivity index (χ4n) is 2.37. The zero-order chi connectivity index (χ0) is 14.8. The number of imidazole rings is 1. The third-order valence-electron chi connectivity index (χ3n) is 3.47. The highest BCUT2D eigenvalue weighted by molar-refractivity contribution is 5.50. The van der Waals surface area contributed by atoms with Crippen LogP contribution in [0.3, 0.4) is 0 Å². The van der Waals surface area contributed by atoms with E-state index in [2.05, 4.69) is 15.3 Å². The van der Waals surface area contributed by atoms with E-state index in [0.29, 0.717) is 0 Å². The number of nitrogens with one attached hydrogen (secondary N) is 1. The number of hydrogen-bond donors (Lipinski definition) is 1. The lowest BCUT2D eigenvalue weighted by atomic mass is 10.1. The van der Waals surface area contributed by atoms with Gasteiger partial charge in [-0.3, -0.25) is 4.98 Å². The molecule has 1 N–H and O–H groups in total. The summed E-state index contributed by atoms with van der Waals surface area (Å²) in [7, 11) is 1.97. The highest BCUT2D eigenvalue weighted by Gasteiger charge is 2.21. The molecule has 21 heavy (non-hydrogen) atoms. The average molecular weight is 282 g/mol. The number of aromatic nitrogens is 3. The van der Waals surface area contributed by atoms with Crippen molar-refractivity contribution in [2.45, 2.75) is 19.9 Å². The van der Waals surface area contributed by atoms with Gasteiger partial charge in [-0.2, -0.15) is 0 Å². The van der Waals surface area contributed by atoms with Crippen molar-refractivity contribution in [1.82, 2.24) is 14.5 Å². The summed E-state index contributed by atoms with van der Waals surface area (Å²) < 4.78 is 7.56. The van der Waals surface area contributed by atoms with E-state index in [0.717, 1.165) is 28.7 Å². The molecule has 1 atom stereocenters. The lowest BCUT2D eigenvalue weighted by Gasteiger charge is -2.19. The van der Waals surface area contributed by atoms with E-state index in [1.807, 2.05) is 55.9 Å². The second-order valence-electron chi connectivity index (χ2n) is 5.07. The lowest BCUT2D eigenvalue weighted by Crippen LogP contribution is -2.17. The van der Waals surface area contributed by atoms with E-state index in [-0.39, 0.29) is 6.04 Å². The topological polar surface area (TPSA) is 55.9 Å². The minimum atomic E-state index is -0.150. The second kappa shape index (κ2) is 5.44. The van der Waals surface area contributed by atoms with Crippen LogP contribution in [0.5, 0.6) is 0 Å². The molecule has 108 valence electrons. The van der Waals surface area contributed by atoms with Crippen LogP contribution >= 0.6 is 0 Å². The summed E-state index contributed by atoms with van der Waals surface area (Å²) in [4.78, 5) is 8.93. The molecule has 0 aliphatic heterocycles. The first-order chi connectivity index (χ1) is 10.1. The monoisotopic (exact) mass is 282 g/mol. The first-order valence-electron chi connectivity index (χ1n) is 6.86. The van der Waals surface area contributed by atoms with Gasteiger partial charge in [-0.1, -0.05) is 0 Å². The number of hydrogen-bond acceptors (Lipinski definition) is 4. The summed E-state index contributed by atoms with van der Waals surface area (Å²) in [6.07, 6.45) is 5.38. The Morgan fingerprint density at radius 2 is 2.10 bits per heavy atom. The molecule has 5 heteroatoms. The molecule has 1 unspecified atom stereocenters. The fraction of sp³-hybridized carbons (Fsp3) is 0.250. The summed E-state index contributed by atoms with van der Waals surface area (Å²) in [6.45, 7) is 3.98.